The van der Waals surface area contributed by atoms with Gasteiger partial charge in [0.1, 0.15) is 12.3 Å². The molecular formula is C19H32N4O3. The third-order valence-corrected chi connectivity index (χ3v) is 4.92. The van der Waals surface area contributed by atoms with Gasteiger partial charge in [0.05, 0.1) is 0 Å². The molecule has 1 fully saturated rings. The van der Waals surface area contributed by atoms with Crippen molar-refractivity contribution in [1.82, 2.24) is 10.6 Å². The molecule has 0 atom stereocenters. The lowest BCUT2D eigenvalue weighted by Crippen LogP contribution is -2.43. The minimum atomic E-state index is -0.567. The van der Waals surface area contributed by atoms with E-state index >= 15 is 0 Å². The number of nitrogens with one attached hydrogen (secondary N) is 2. The quantitative estimate of drug-likeness (QED) is 0.336. The minimum Gasteiger partial charge on any atom is -0.454 e. The molecule has 1 heterocycles. The number of guanidine groups is 1. The Labute approximate surface area is 155 Å². The smallest absolute Gasteiger partial charge is 0.284 e. The molecule has 26 heavy (non-hydrogen) atoms. The number of ether oxygens (including phenoxy) is 1. The summed E-state index contributed by atoms with van der Waals surface area (Å²) in [6, 6.07) is 3.31. The minimum absolute atomic E-state index is 0.161. The number of carbonyl (C=O) groups is 1. The fourth-order valence-corrected chi connectivity index (χ4v) is 3.44. The fourth-order valence-electron chi connectivity index (χ4n) is 3.44. The van der Waals surface area contributed by atoms with Crippen LogP contribution in [0.4, 0.5) is 0 Å². The van der Waals surface area contributed by atoms with Crippen LogP contribution in [-0.4, -0.2) is 38.2 Å². The highest BCUT2D eigenvalue weighted by molar-refractivity contribution is 5.89. The summed E-state index contributed by atoms with van der Waals surface area (Å²) in [6.45, 7) is 7.68. The molecule has 0 aliphatic heterocycles. The van der Waals surface area contributed by atoms with Crippen molar-refractivity contribution in [2.24, 2.45) is 16.1 Å². The predicted octanol–water partition coefficient (Wildman–Crippen LogP) is 2.42. The van der Waals surface area contributed by atoms with Crippen LogP contribution in [0.25, 0.3) is 0 Å². The maximum absolute atomic E-state index is 11.1. The monoisotopic (exact) mass is 364 g/mol. The third kappa shape index (κ3) is 6.05. The Morgan fingerprint density at radius 1 is 1.31 bits per heavy atom. The summed E-state index contributed by atoms with van der Waals surface area (Å²) in [5.74, 6) is 0.965. The van der Waals surface area contributed by atoms with Crippen LogP contribution >= 0.6 is 0 Å². The maximum atomic E-state index is 11.1. The van der Waals surface area contributed by atoms with Gasteiger partial charge in [-0.25, -0.2) is 4.99 Å². The highest BCUT2D eigenvalue weighted by Gasteiger charge is 2.33. The van der Waals surface area contributed by atoms with E-state index in [9.17, 15) is 4.79 Å². The van der Waals surface area contributed by atoms with E-state index in [-0.39, 0.29) is 11.2 Å². The molecule has 1 aromatic rings. The van der Waals surface area contributed by atoms with Gasteiger partial charge in [0, 0.05) is 26.3 Å². The van der Waals surface area contributed by atoms with E-state index in [1.807, 2.05) is 13.8 Å². The van der Waals surface area contributed by atoms with E-state index in [0.717, 1.165) is 38.7 Å². The van der Waals surface area contributed by atoms with Gasteiger partial charge in [0.25, 0.3) is 5.91 Å². The summed E-state index contributed by atoms with van der Waals surface area (Å²) in [5, 5.41) is 6.75. The van der Waals surface area contributed by atoms with Crippen LogP contribution in [0.15, 0.2) is 21.5 Å². The van der Waals surface area contributed by atoms with Gasteiger partial charge in [0.2, 0.25) is 0 Å². The van der Waals surface area contributed by atoms with Crippen molar-refractivity contribution in [2.45, 2.75) is 52.5 Å². The summed E-state index contributed by atoms with van der Waals surface area (Å²) >= 11 is 0. The molecule has 146 valence electrons. The Morgan fingerprint density at radius 2 is 2.08 bits per heavy atom. The Hall–Kier alpha value is -2.02. The first kappa shape index (κ1) is 20.3. The first-order valence-electron chi connectivity index (χ1n) is 9.57. The molecule has 1 aliphatic carbocycles. The van der Waals surface area contributed by atoms with Gasteiger partial charge in [-0.2, -0.15) is 0 Å². The number of nitrogens with two attached hydrogens (primary N) is 1. The third-order valence-electron chi connectivity index (χ3n) is 4.92. The van der Waals surface area contributed by atoms with Gasteiger partial charge in [0.15, 0.2) is 11.7 Å². The summed E-state index contributed by atoms with van der Waals surface area (Å²) < 4.78 is 11.0. The van der Waals surface area contributed by atoms with Crippen LogP contribution in [0, 0.1) is 5.41 Å². The number of aliphatic imine (C=N–C) groups is 1. The zero-order chi connectivity index (χ0) is 18.8. The molecule has 4 N–H and O–H groups in total. The lowest BCUT2D eigenvalue weighted by Gasteiger charge is -2.30. The average molecular weight is 364 g/mol. The number of nitrogens with zero attached hydrogens (tertiary/aromatic N) is 1. The molecule has 2 rings (SSSR count). The number of hydrogen-bond donors (Lipinski definition) is 3. The summed E-state index contributed by atoms with van der Waals surface area (Å²) in [4.78, 5) is 15.7. The lowest BCUT2D eigenvalue weighted by atomic mass is 9.83. The van der Waals surface area contributed by atoms with Crippen LogP contribution < -0.4 is 16.4 Å². The highest BCUT2D eigenvalue weighted by atomic mass is 16.5. The molecule has 0 radical (unpaired) electrons. The van der Waals surface area contributed by atoms with E-state index in [0.29, 0.717) is 12.3 Å². The van der Waals surface area contributed by atoms with Crippen molar-refractivity contribution < 1.29 is 13.9 Å². The maximum Gasteiger partial charge on any atom is 0.284 e. The van der Waals surface area contributed by atoms with Crippen LogP contribution in [0.2, 0.25) is 0 Å². The molecule has 1 saturated carbocycles. The molecule has 0 bridgehead atoms. The number of furan rings is 1. The molecule has 1 aromatic heterocycles. The van der Waals surface area contributed by atoms with E-state index in [1.165, 1.54) is 25.7 Å². The van der Waals surface area contributed by atoms with Gasteiger partial charge in [-0.15, -0.1) is 0 Å². The molecule has 0 spiro atoms. The standard InChI is InChI=1S/C19H32N4O3/c1-3-21-18(22-13-15-7-8-16(26-15)17(20)24)23-14-19(9-5-6-10-19)11-12-25-4-2/h7-8H,3-6,9-14H2,1-2H3,(H2,20,24)(H2,21,22,23). The molecule has 0 unspecified atom stereocenters. The Bertz CT molecular complexity index is 591. The number of carbonyl (C=O) groups excluding carboxylic acids is 1. The van der Waals surface area contributed by atoms with E-state index < -0.39 is 5.91 Å². The van der Waals surface area contributed by atoms with Crippen molar-refractivity contribution >= 4 is 11.9 Å². The predicted molar refractivity (Wildman–Crippen MR) is 102 cm³/mol. The van der Waals surface area contributed by atoms with Gasteiger partial charge in [-0.3, -0.25) is 4.79 Å². The summed E-state index contributed by atoms with van der Waals surface area (Å²) in [7, 11) is 0. The second kappa shape index (κ2) is 10.2. The van der Waals surface area contributed by atoms with Gasteiger partial charge < -0.3 is 25.5 Å². The van der Waals surface area contributed by atoms with Crippen LogP contribution in [0.5, 0.6) is 0 Å². The topological polar surface area (TPSA) is 102 Å². The largest absolute Gasteiger partial charge is 0.454 e. The molecular weight excluding hydrogens is 332 g/mol. The Kier molecular flexibility index (Phi) is 7.97. The molecule has 7 heteroatoms. The van der Waals surface area contributed by atoms with Gasteiger partial charge in [-0.05, 0) is 50.7 Å². The first-order chi connectivity index (χ1) is 12.6. The van der Waals surface area contributed by atoms with E-state index in [1.54, 1.807) is 12.1 Å². The second-order valence-corrected chi connectivity index (χ2v) is 6.83. The van der Waals surface area contributed by atoms with Crippen LogP contribution in [0.3, 0.4) is 0 Å². The second-order valence-electron chi connectivity index (χ2n) is 6.83. The molecule has 0 saturated heterocycles. The summed E-state index contributed by atoms with van der Waals surface area (Å²) in [5.41, 5.74) is 5.50. The van der Waals surface area contributed by atoms with Gasteiger partial charge >= 0.3 is 0 Å². The van der Waals surface area contributed by atoms with Crippen molar-refractivity contribution in [1.29, 1.82) is 0 Å². The molecule has 1 aliphatic rings. The zero-order valence-electron chi connectivity index (χ0n) is 16.0. The van der Waals surface area contributed by atoms with Crippen molar-refractivity contribution in [2.75, 3.05) is 26.3 Å². The number of primary amides is 1. The van der Waals surface area contributed by atoms with Crippen molar-refractivity contribution in [3.8, 4) is 0 Å². The SMILES string of the molecule is CCNC(=NCc1ccc(C(N)=O)o1)NCC1(CCOCC)CCCC1. The van der Waals surface area contributed by atoms with Crippen molar-refractivity contribution in [3.05, 3.63) is 23.7 Å². The number of hydrogen-bond acceptors (Lipinski definition) is 4. The zero-order valence-corrected chi connectivity index (χ0v) is 16.0. The van der Waals surface area contributed by atoms with E-state index in [2.05, 4.69) is 15.6 Å². The number of rotatable bonds is 10. The Morgan fingerprint density at radius 3 is 2.69 bits per heavy atom. The fraction of sp³-hybridized carbons (Fsp3) is 0.684. The van der Waals surface area contributed by atoms with Crippen LogP contribution in [-0.2, 0) is 11.3 Å². The first-order valence-corrected chi connectivity index (χ1v) is 9.57. The van der Waals surface area contributed by atoms with Crippen molar-refractivity contribution in [3.63, 3.8) is 0 Å². The van der Waals surface area contributed by atoms with E-state index in [4.69, 9.17) is 14.9 Å². The number of amides is 1. The molecule has 7 nitrogen and oxygen atoms in total. The molecule has 0 aromatic carbocycles. The Balaban J connectivity index is 1.93. The van der Waals surface area contributed by atoms with Crippen LogP contribution in [0.1, 0.15) is 62.3 Å². The average Bonchev–Trinajstić information content (AvgIpc) is 3.28. The van der Waals surface area contributed by atoms with Gasteiger partial charge in [-0.1, -0.05) is 12.8 Å². The molecule has 1 amide bonds. The normalized spacial score (nSPS) is 16.6. The lowest BCUT2D eigenvalue weighted by molar-refractivity contribution is 0.0972. The summed E-state index contributed by atoms with van der Waals surface area (Å²) in [6.07, 6.45) is 6.10. The highest BCUT2D eigenvalue weighted by Crippen LogP contribution is 2.40.